The minimum atomic E-state index is -0.341. The van der Waals surface area contributed by atoms with Gasteiger partial charge in [-0.15, -0.1) is 0 Å². The topological polar surface area (TPSA) is 39.3 Å². The molecule has 0 saturated carbocycles. The lowest BCUT2D eigenvalue weighted by Crippen LogP contribution is -2.49. The van der Waals surface area contributed by atoms with E-state index < -0.39 is 0 Å². The van der Waals surface area contributed by atoms with E-state index in [1.807, 2.05) is 4.90 Å². The molecule has 0 unspecified atom stereocenters. The number of fused-ring (bicyclic) bond motifs is 1. The predicted octanol–water partition coefficient (Wildman–Crippen LogP) is 3.41. The summed E-state index contributed by atoms with van der Waals surface area (Å²) < 4.78 is 27.2. The van der Waals surface area contributed by atoms with E-state index in [4.69, 9.17) is 0 Å². The van der Waals surface area contributed by atoms with Gasteiger partial charge >= 0.3 is 0 Å². The Morgan fingerprint density at radius 2 is 1.76 bits per heavy atom. The van der Waals surface area contributed by atoms with Gasteiger partial charge < -0.3 is 14.8 Å². The zero-order valence-corrected chi connectivity index (χ0v) is 13.5. The van der Waals surface area contributed by atoms with Gasteiger partial charge in [0.15, 0.2) is 0 Å². The van der Waals surface area contributed by atoms with Crippen molar-refractivity contribution in [2.24, 2.45) is 0 Å². The van der Waals surface area contributed by atoms with Crippen LogP contribution in [0.1, 0.15) is 10.4 Å². The molecule has 128 valence electrons. The van der Waals surface area contributed by atoms with Crippen molar-refractivity contribution >= 4 is 22.5 Å². The van der Waals surface area contributed by atoms with Crippen LogP contribution in [0.5, 0.6) is 0 Å². The summed E-state index contributed by atoms with van der Waals surface area (Å²) >= 11 is 0. The maximum atomic E-state index is 13.9. The van der Waals surface area contributed by atoms with E-state index in [0.717, 1.165) is 0 Å². The lowest BCUT2D eigenvalue weighted by Gasteiger charge is -2.36. The van der Waals surface area contributed by atoms with Crippen LogP contribution in [0.15, 0.2) is 48.7 Å². The number of aromatic nitrogens is 1. The van der Waals surface area contributed by atoms with Gasteiger partial charge in [-0.25, -0.2) is 8.78 Å². The number of halogens is 2. The zero-order valence-electron chi connectivity index (χ0n) is 13.5. The van der Waals surface area contributed by atoms with E-state index in [0.29, 0.717) is 48.3 Å². The van der Waals surface area contributed by atoms with Crippen LogP contribution in [0.2, 0.25) is 0 Å². The molecule has 0 spiro atoms. The summed E-state index contributed by atoms with van der Waals surface area (Å²) in [5, 5.41) is 0.711. The quantitative estimate of drug-likeness (QED) is 0.776. The highest BCUT2D eigenvalue weighted by atomic mass is 19.1. The van der Waals surface area contributed by atoms with Gasteiger partial charge in [0.1, 0.15) is 11.6 Å². The zero-order chi connectivity index (χ0) is 17.4. The van der Waals surface area contributed by atoms with Gasteiger partial charge in [0, 0.05) is 43.3 Å². The number of aromatic amines is 1. The molecule has 4 rings (SSSR count). The first kappa shape index (κ1) is 15.6. The summed E-state index contributed by atoms with van der Waals surface area (Å²) in [5.74, 6) is -0.682. The minimum Gasteiger partial charge on any atom is -0.366 e. The lowest BCUT2D eigenvalue weighted by molar-refractivity contribution is 0.0748. The van der Waals surface area contributed by atoms with Gasteiger partial charge in [-0.3, -0.25) is 4.79 Å². The third-order valence-electron chi connectivity index (χ3n) is 4.63. The Bertz CT molecular complexity index is 929. The number of carbonyl (C=O) groups is 1. The van der Waals surface area contributed by atoms with Crippen LogP contribution in [0, 0.1) is 11.6 Å². The average Bonchev–Trinajstić information content (AvgIpc) is 3.04. The summed E-state index contributed by atoms with van der Waals surface area (Å²) in [7, 11) is 0. The number of piperazine rings is 1. The third kappa shape index (κ3) is 2.84. The van der Waals surface area contributed by atoms with E-state index in [1.165, 1.54) is 18.2 Å². The number of amides is 1. The van der Waals surface area contributed by atoms with Gasteiger partial charge in [-0.1, -0.05) is 12.1 Å². The number of H-pyrrole nitrogens is 1. The van der Waals surface area contributed by atoms with Crippen molar-refractivity contribution in [2.45, 2.75) is 0 Å². The Labute approximate surface area is 143 Å². The molecule has 3 aromatic rings. The van der Waals surface area contributed by atoms with Crippen LogP contribution in [-0.4, -0.2) is 42.0 Å². The molecular formula is C19H17F2N3O. The van der Waals surface area contributed by atoms with Crippen LogP contribution < -0.4 is 4.90 Å². The van der Waals surface area contributed by atoms with Crippen LogP contribution in [0.3, 0.4) is 0 Å². The second-order valence-corrected chi connectivity index (χ2v) is 6.12. The van der Waals surface area contributed by atoms with Crippen LogP contribution in [0.25, 0.3) is 10.9 Å². The standard InChI is InChI=1S/C19H17F2N3O/c20-13-5-6-14-15(12-22-17(14)11-13)19(25)24-9-7-23(8-10-24)18-4-2-1-3-16(18)21/h1-6,11-12,22H,7-10H2. The highest BCUT2D eigenvalue weighted by molar-refractivity contribution is 6.06. The number of benzene rings is 2. The van der Waals surface area contributed by atoms with Crippen molar-refractivity contribution in [2.75, 3.05) is 31.1 Å². The largest absolute Gasteiger partial charge is 0.366 e. The lowest BCUT2D eigenvalue weighted by atomic mass is 10.1. The molecular weight excluding hydrogens is 324 g/mol. The summed E-state index contributed by atoms with van der Waals surface area (Å²) in [5.41, 5.74) is 1.71. The van der Waals surface area contributed by atoms with E-state index in [2.05, 4.69) is 4.98 Å². The molecule has 1 amide bonds. The Morgan fingerprint density at radius 3 is 2.52 bits per heavy atom. The molecule has 6 heteroatoms. The second kappa shape index (κ2) is 6.20. The number of nitrogens with one attached hydrogen (secondary N) is 1. The Kier molecular flexibility index (Phi) is 3.87. The number of hydrogen-bond acceptors (Lipinski definition) is 2. The smallest absolute Gasteiger partial charge is 0.256 e. The minimum absolute atomic E-state index is 0.0916. The predicted molar refractivity (Wildman–Crippen MR) is 92.8 cm³/mol. The highest BCUT2D eigenvalue weighted by Gasteiger charge is 2.25. The van der Waals surface area contributed by atoms with E-state index in [9.17, 15) is 13.6 Å². The van der Waals surface area contributed by atoms with Gasteiger partial charge in [0.25, 0.3) is 5.91 Å². The molecule has 1 aliphatic rings. The maximum absolute atomic E-state index is 13.9. The van der Waals surface area contributed by atoms with Gasteiger partial charge in [0.2, 0.25) is 0 Å². The van der Waals surface area contributed by atoms with Gasteiger partial charge in [-0.05, 0) is 30.3 Å². The molecule has 2 aromatic carbocycles. The van der Waals surface area contributed by atoms with E-state index >= 15 is 0 Å². The van der Waals surface area contributed by atoms with Gasteiger partial charge in [-0.2, -0.15) is 0 Å². The summed E-state index contributed by atoms with van der Waals surface area (Å²) in [4.78, 5) is 19.4. The van der Waals surface area contributed by atoms with Crippen molar-refractivity contribution < 1.29 is 13.6 Å². The first-order chi connectivity index (χ1) is 12.1. The van der Waals surface area contributed by atoms with Crippen molar-refractivity contribution in [3.63, 3.8) is 0 Å². The molecule has 0 atom stereocenters. The molecule has 1 aromatic heterocycles. The molecule has 1 N–H and O–H groups in total. The normalized spacial score (nSPS) is 15.0. The van der Waals surface area contributed by atoms with Crippen molar-refractivity contribution in [3.05, 3.63) is 65.9 Å². The first-order valence-corrected chi connectivity index (χ1v) is 8.19. The fourth-order valence-electron chi connectivity index (χ4n) is 3.30. The van der Waals surface area contributed by atoms with Crippen molar-refractivity contribution in [3.8, 4) is 0 Å². The van der Waals surface area contributed by atoms with Crippen molar-refractivity contribution in [1.82, 2.24) is 9.88 Å². The monoisotopic (exact) mass is 341 g/mol. The molecule has 2 heterocycles. The summed E-state index contributed by atoms with van der Waals surface area (Å²) in [6.07, 6.45) is 1.62. The number of nitrogens with zero attached hydrogens (tertiary/aromatic N) is 2. The summed E-state index contributed by atoms with van der Waals surface area (Å²) in [6, 6.07) is 11.0. The number of hydrogen-bond donors (Lipinski definition) is 1. The first-order valence-electron chi connectivity index (χ1n) is 8.19. The summed E-state index contributed by atoms with van der Waals surface area (Å²) in [6.45, 7) is 2.18. The highest BCUT2D eigenvalue weighted by Crippen LogP contribution is 2.23. The Balaban J connectivity index is 1.50. The van der Waals surface area contributed by atoms with Crippen LogP contribution >= 0.6 is 0 Å². The Morgan fingerprint density at radius 1 is 1.00 bits per heavy atom. The van der Waals surface area contributed by atoms with Crippen LogP contribution in [-0.2, 0) is 0 Å². The molecule has 1 saturated heterocycles. The van der Waals surface area contributed by atoms with Crippen molar-refractivity contribution in [1.29, 1.82) is 0 Å². The number of anilines is 1. The van der Waals surface area contributed by atoms with Crippen LogP contribution in [0.4, 0.5) is 14.5 Å². The SMILES string of the molecule is O=C(c1c[nH]c2cc(F)ccc12)N1CCN(c2ccccc2F)CC1. The molecule has 1 fully saturated rings. The fraction of sp³-hybridized carbons (Fsp3) is 0.211. The maximum Gasteiger partial charge on any atom is 0.256 e. The number of para-hydroxylation sites is 1. The molecule has 0 aliphatic carbocycles. The Hall–Kier alpha value is -2.89. The molecule has 25 heavy (non-hydrogen) atoms. The molecule has 0 radical (unpaired) electrons. The molecule has 0 bridgehead atoms. The van der Waals surface area contributed by atoms with E-state index in [1.54, 1.807) is 35.4 Å². The average molecular weight is 341 g/mol. The second-order valence-electron chi connectivity index (χ2n) is 6.12. The molecule has 1 aliphatic heterocycles. The third-order valence-corrected chi connectivity index (χ3v) is 4.63. The molecule has 4 nitrogen and oxygen atoms in total. The fourth-order valence-corrected chi connectivity index (χ4v) is 3.30. The number of carbonyl (C=O) groups excluding carboxylic acids is 1. The van der Waals surface area contributed by atoms with E-state index in [-0.39, 0.29) is 17.5 Å². The number of rotatable bonds is 2. The van der Waals surface area contributed by atoms with Gasteiger partial charge in [0.05, 0.1) is 11.3 Å².